The summed E-state index contributed by atoms with van der Waals surface area (Å²) in [4.78, 5) is 13.8. The SMILES string of the molecule is CCCCNC(=O)N(CCN)CCC[Si](OC)(OC)OC. The summed E-state index contributed by atoms with van der Waals surface area (Å²) in [5.74, 6) is 0. The molecule has 7 nitrogen and oxygen atoms in total. The average molecular weight is 321 g/mol. The number of unbranched alkanes of at least 4 members (excludes halogenated alkanes) is 1. The van der Waals surface area contributed by atoms with Crippen molar-refractivity contribution in [3.05, 3.63) is 0 Å². The van der Waals surface area contributed by atoms with Crippen LogP contribution in [-0.2, 0) is 13.3 Å². The molecule has 0 spiro atoms. The van der Waals surface area contributed by atoms with Gasteiger partial charge in [-0.3, -0.25) is 0 Å². The van der Waals surface area contributed by atoms with Gasteiger partial charge >= 0.3 is 14.8 Å². The van der Waals surface area contributed by atoms with E-state index in [0.29, 0.717) is 32.2 Å². The first-order chi connectivity index (χ1) is 10.1. The summed E-state index contributed by atoms with van der Waals surface area (Å²) in [5.41, 5.74) is 5.57. The predicted molar refractivity (Wildman–Crippen MR) is 85.1 cm³/mol. The van der Waals surface area contributed by atoms with Crippen molar-refractivity contribution in [2.75, 3.05) is 47.5 Å². The van der Waals surface area contributed by atoms with Crippen LogP contribution in [0.1, 0.15) is 26.2 Å². The number of nitrogens with two attached hydrogens (primary N) is 1. The number of rotatable bonds is 12. The van der Waals surface area contributed by atoms with E-state index in [9.17, 15) is 4.79 Å². The quantitative estimate of drug-likeness (QED) is 0.414. The molecule has 0 aliphatic heterocycles. The number of urea groups is 1. The lowest BCUT2D eigenvalue weighted by Crippen LogP contribution is -2.46. The van der Waals surface area contributed by atoms with Gasteiger partial charge in [-0.2, -0.15) is 0 Å². The van der Waals surface area contributed by atoms with Crippen LogP contribution in [0.2, 0.25) is 6.04 Å². The molecule has 0 heterocycles. The summed E-state index contributed by atoms with van der Waals surface area (Å²) in [6.07, 6.45) is 2.79. The second-order valence-corrected chi connectivity index (χ2v) is 7.85. The summed E-state index contributed by atoms with van der Waals surface area (Å²) in [7, 11) is 2.21. The van der Waals surface area contributed by atoms with E-state index in [0.717, 1.165) is 19.3 Å². The number of hydrogen-bond donors (Lipinski definition) is 2. The van der Waals surface area contributed by atoms with Crippen molar-refractivity contribution < 1.29 is 18.1 Å². The third-order valence-corrected chi connectivity index (χ3v) is 6.17. The molecule has 0 aliphatic carbocycles. The normalized spacial score (nSPS) is 11.5. The van der Waals surface area contributed by atoms with Crippen LogP contribution in [0.4, 0.5) is 4.79 Å². The summed E-state index contributed by atoms with van der Waals surface area (Å²) in [6, 6.07) is 0.605. The van der Waals surface area contributed by atoms with Gasteiger partial charge in [-0.25, -0.2) is 4.79 Å². The second-order valence-electron chi connectivity index (χ2n) is 4.76. The Hall–Kier alpha value is -0.673. The fourth-order valence-electron chi connectivity index (χ4n) is 2.00. The van der Waals surface area contributed by atoms with Crippen LogP contribution < -0.4 is 11.1 Å². The largest absolute Gasteiger partial charge is 0.500 e. The predicted octanol–water partition coefficient (Wildman–Crippen LogP) is 1.03. The van der Waals surface area contributed by atoms with Crippen molar-refractivity contribution in [2.24, 2.45) is 5.73 Å². The highest BCUT2D eigenvalue weighted by atomic mass is 28.4. The van der Waals surface area contributed by atoms with Crippen LogP contribution in [0.25, 0.3) is 0 Å². The lowest BCUT2D eigenvalue weighted by Gasteiger charge is -2.27. The molecule has 0 fully saturated rings. The molecule has 3 N–H and O–H groups in total. The van der Waals surface area contributed by atoms with Crippen molar-refractivity contribution in [1.82, 2.24) is 10.2 Å². The van der Waals surface area contributed by atoms with E-state index in [1.54, 1.807) is 26.2 Å². The molecular weight excluding hydrogens is 290 g/mol. The van der Waals surface area contributed by atoms with E-state index in [4.69, 9.17) is 19.0 Å². The lowest BCUT2D eigenvalue weighted by atomic mass is 10.3. The molecule has 8 heteroatoms. The maximum absolute atomic E-state index is 12.0. The van der Waals surface area contributed by atoms with E-state index in [1.807, 2.05) is 0 Å². The van der Waals surface area contributed by atoms with Crippen LogP contribution >= 0.6 is 0 Å². The van der Waals surface area contributed by atoms with Crippen molar-refractivity contribution in [2.45, 2.75) is 32.2 Å². The van der Waals surface area contributed by atoms with Crippen molar-refractivity contribution in [3.8, 4) is 0 Å². The standard InChI is InChI=1S/C13H31N3O4Si/c1-5-6-9-15-13(17)16(11-8-14)10-7-12-21(18-2,19-3)20-4/h5-12,14H2,1-4H3,(H,15,17). The number of nitrogens with one attached hydrogen (secondary N) is 1. The zero-order valence-corrected chi connectivity index (χ0v) is 14.8. The summed E-state index contributed by atoms with van der Waals surface area (Å²) in [6.45, 7) is 4.39. The van der Waals surface area contributed by atoms with E-state index >= 15 is 0 Å². The zero-order chi connectivity index (χ0) is 16.1. The number of amides is 2. The van der Waals surface area contributed by atoms with Gasteiger partial charge in [-0.15, -0.1) is 0 Å². The fourth-order valence-corrected chi connectivity index (χ4v) is 3.70. The Morgan fingerprint density at radius 1 is 1.14 bits per heavy atom. The molecule has 0 saturated carbocycles. The average Bonchev–Trinajstić information content (AvgIpc) is 2.51. The van der Waals surface area contributed by atoms with E-state index in [-0.39, 0.29) is 6.03 Å². The minimum Gasteiger partial charge on any atom is -0.377 e. The monoisotopic (exact) mass is 321 g/mol. The molecule has 0 aromatic rings. The molecule has 0 saturated heterocycles. The topological polar surface area (TPSA) is 86.1 Å². The Balaban J connectivity index is 4.28. The Morgan fingerprint density at radius 2 is 1.76 bits per heavy atom. The number of nitrogens with zero attached hydrogens (tertiary/aromatic N) is 1. The Kier molecular flexibility index (Phi) is 11.5. The van der Waals surface area contributed by atoms with Gasteiger partial charge in [0.05, 0.1) is 0 Å². The fraction of sp³-hybridized carbons (Fsp3) is 0.923. The lowest BCUT2D eigenvalue weighted by molar-refractivity contribution is 0.121. The van der Waals surface area contributed by atoms with Crippen LogP contribution in [0.15, 0.2) is 0 Å². The van der Waals surface area contributed by atoms with Crippen LogP contribution in [-0.4, -0.2) is 67.2 Å². The second kappa shape index (κ2) is 11.9. The highest BCUT2D eigenvalue weighted by Gasteiger charge is 2.37. The van der Waals surface area contributed by atoms with E-state index in [1.165, 1.54) is 0 Å². The van der Waals surface area contributed by atoms with Crippen molar-refractivity contribution >= 4 is 14.8 Å². The van der Waals surface area contributed by atoms with Gasteiger partial charge in [0.25, 0.3) is 0 Å². The summed E-state index contributed by atoms with van der Waals surface area (Å²) in [5, 5.41) is 2.91. The first kappa shape index (κ1) is 20.3. The van der Waals surface area contributed by atoms with Gasteiger partial charge in [-0.05, 0) is 12.8 Å². The minimum atomic E-state index is -2.56. The van der Waals surface area contributed by atoms with Crippen LogP contribution in [0.5, 0.6) is 0 Å². The summed E-state index contributed by atoms with van der Waals surface area (Å²) < 4.78 is 16.1. The number of carbonyl (C=O) groups excluding carboxylic acids is 1. The molecule has 2 amide bonds. The molecule has 0 radical (unpaired) electrons. The molecule has 126 valence electrons. The first-order valence-electron chi connectivity index (χ1n) is 7.47. The molecule has 0 aromatic heterocycles. The molecule has 0 bridgehead atoms. The Labute approximate surface area is 129 Å². The smallest absolute Gasteiger partial charge is 0.377 e. The van der Waals surface area contributed by atoms with E-state index in [2.05, 4.69) is 12.2 Å². The first-order valence-corrected chi connectivity index (χ1v) is 9.40. The van der Waals surface area contributed by atoms with E-state index < -0.39 is 8.80 Å². The molecule has 0 atom stereocenters. The Morgan fingerprint density at radius 3 is 2.24 bits per heavy atom. The van der Waals surface area contributed by atoms with Gasteiger partial charge in [0, 0.05) is 53.6 Å². The number of hydrogen-bond acceptors (Lipinski definition) is 5. The van der Waals surface area contributed by atoms with Crippen molar-refractivity contribution in [1.29, 1.82) is 0 Å². The molecule has 0 aromatic carbocycles. The highest BCUT2D eigenvalue weighted by molar-refractivity contribution is 6.60. The van der Waals surface area contributed by atoms with Gasteiger partial charge in [0.15, 0.2) is 0 Å². The third-order valence-electron chi connectivity index (χ3n) is 3.34. The maximum atomic E-state index is 12.0. The minimum absolute atomic E-state index is 0.0617. The molecule has 0 aliphatic rings. The highest BCUT2D eigenvalue weighted by Crippen LogP contribution is 2.15. The molecule has 21 heavy (non-hydrogen) atoms. The van der Waals surface area contributed by atoms with Gasteiger partial charge < -0.3 is 29.2 Å². The third kappa shape index (κ3) is 7.77. The van der Waals surface area contributed by atoms with Gasteiger partial charge in [0.2, 0.25) is 0 Å². The molecular formula is C13H31N3O4Si. The Bertz CT molecular complexity index is 270. The zero-order valence-electron chi connectivity index (χ0n) is 13.8. The van der Waals surface area contributed by atoms with Gasteiger partial charge in [0.1, 0.15) is 0 Å². The number of carbonyl (C=O) groups is 1. The van der Waals surface area contributed by atoms with Crippen LogP contribution in [0, 0.1) is 0 Å². The maximum Gasteiger partial charge on any atom is 0.500 e. The van der Waals surface area contributed by atoms with Crippen molar-refractivity contribution in [3.63, 3.8) is 0 Å². The molecule has 0 unspecified atom stereocenters. The van der Waals surface area contributed by atoms with Gasteiger partial charge in [-0.1, -0.05) is 13.3 Å². The summed E-state index contributed by atoms with van der Waals surface area (Å²) >= 11 is 0. The van der Waals surface area contributed by atoms with Crippen LogP contribution in [0.3, 0.4) is 0 Å². The molecule has 0 rings (SSSR count).